The van der Waals surface area contributed by atoms with Crippen molar-refractivity contribution in [1.82, 2.24) is 0 Å². The lowest BCUT2D eigenvalue weighted by Crippen LogP contribution is -1.93. The third kappa shape index (κ3) is 1.37. The molecule has 3 aromatic rings. The second-order valence-corrected chi connectivity index (χ2v) is 3.88. The number of hydrogen-bond donors (Lipinski definition) is 0. The minimum absolute atomic E-state index is 0.0547. The molecule has 5 nitrogen and oxygen atoms in total. The van der Waals surface area contributed by atoms with Crippen LogP contribution in [0.25, 0.3) is 21.9 Å². The number of benzene rings is 2. The lowest BCUT2D eigenvalue weighted by atomic mass is 10.1. The van der Waals surface area contributed by atoms with Gasteiger partial charge in [-0.3, -0.25) is 14.9 Å². The first-order valence-corrected chi connectivity index (χ1v) is 5.25. The Hall–Kier alpha value is -2.69. The van der Waals surface area contributed by atoms with E-state index < -0.39 is 4.92 Å². The van der Waals surface area contributed by atoms with Crippen LogP contribution in [0.4, 0.5) is 5.69 Å². The molecule has 2 aromatic carbocycles. The third-order valence-corrected chi connectivity index (χ3v) is 2.85. The van der Waals surface area contributed by atoms with E-state index in [1.54, 1.807) is 6.07 Å². The maximum absolute atomic E-state index is 10.9. The van der Waals surface area contributed by atoms with Gasteiger partial charge in [-0.2, -0.15) is 0 Å². The molecule has 3 rings (SSSR count). The smallest absolute Gasteiger partial charge is 0.283 e. The Morgan fingerprint density at radius 2 is 1.89 bits per heavy atom. The molecule has 0 aliphatic heterocycles. The van der Waals surface area contributed by atoms with Crippen molar-refractivity contribution in [2.75, 3.05) is 0 Å². The van der Waals surface area contributed by atoms with Crippen molar-refractivity contribution >= 4 is 33.9 Å². The predicted molar refractivity (Wildman–Crippen MR) is 65.8 cm³/mol. The van der Waals surface area contributed by atoms with Crippen LogP contribution in [0.5, 0.6) is 0 Å². The number of nitrogens with zero attached hydrogens (tertiary/aromatic N) is 1. The first-order valence-electron chi connectivity index (χ1n) is 5.25. The molecule has 1 aromatic heterocycles. The molecule has 88 valence electrons. The van der Waals surface area contributed by atoms with E-state index >= 15 is 0 Å². The summed E-state index contributed by atoms with van der Waals surface area (Å²) >= 11 is 0. The van der Waals surface area contributed by atoms with E-state index in [9.17, 15) is 14.9 Å². The van der Waals surface area contributed by atoms with Crippen LogP contribution in [0.15, 0.2) is 40.8 Å². The highest BCUT2D eigenvalue weighted by Crippen LogP contribution is 2.32. The van der Waals surface area contributed by atoms with Gasteiger partial charge in [0.1, 0.15) is 11.2 Å². The van der Waals surface area contributed by atoms with Gasteiger partial charge in [-0.15, -0.1) is 0 Å². The molecule has 0 amide bonds. The summed E-state index contributed by atoms with van der Waals surface area (Å²) in [6, 6.07) is 10.1. The van der Waals surface area contributed by atoms with Gasteiger partial charge >= 0.3 is 0 Å². The number of carbonyl (C=O) groups excluding carboxylic acids is 1. The van der Waals surface area contributed by atoms with Crippen LogP contribution in [0.3, 0.4) is 0 Å². The fraction of sp³-hybridized carbons (Fsp3) is 0. The van der Waals surface area contributed by atoms with Gasteiger partial charge in [-0.05, 0) is 12.1 Å². The van der Waals surface area contributed by atoms with Crippen LogP contribution in [0, 0.1) is 10.1 Å². The third-order valence-electron chi connectivity index (χ3n) is 2.85. The molecule has 1 heterocycles. The molecular weight excluding hydrogens is 234 g/mol. The standard InChI is InChI=1S/C13H7NO4/c15-7-8-5-10-9-3-1-2-4-12(9)18-13(10)6-11(8)14(16)17/h1-7H. The minimum atomic E-state index is -0.587. The summed E-state index contributed by atoms with van der Waals surface area (Å²) in [5.74, 6) is 0. The van der Waals surface area contributed by atoms with E-state index in [1.807, 2.05) is 18.2 Å². The number of para-hydroxylation sites is 1. The molecule has 0 saturated heterocycles. The summed E-state index contributed by atoms with van der Waals surface area (Å²) in [4.78, 5) is 21.2. The van der Waals surface area contributed by atoms with Crippen molar-refractivity contribution in [3.8, 4) is 0 Å². The molecule has 0 N–H and O–H groups in total. The second-order valence-electron chi connectivity index (χ2n) is 3.88. The second kappa shape index (κ2) is 3.66. The Balaban J connectivity index is 2.47. The van der Waals surface area contributed by atoms with Crippen molar-refractivity contribution in [3.63, 3.8) is 0 Å². The molecule has 5 heteroatoms. The van der Waals surface area contributed by atoms with Crippen molar-refractivity contribution in [2.24, 2.45) is 0 Å². The molecule has 0 bridgehead atoms. The SMILES string of the molecule is O=Cc1cc2c(cc1[N+](=O)[O-])oc1ccccc12. The maximum Gasteiger partial charge on any atom is 0.283 e. The van der Waals surface area contributed by atoms with Crippen molar-refractivity contribution < 1.29 is 14.1 Å². The minimum Gasteiger partial charge on any atom is -0.456 e. The number of nitro groups is 1. The zero-order chi connectivity index (χ0) is 12.7. The quantitative estimate of drug-likeness (QED) is 0.392. The van der Waals surface area contributed by atoms with Gasteiger partial charge in [0.25, 0.3) is 5.69 Å². The summed E-state index contributed by atoms with van der Waals surface area (Å²) in [6.07, 6.45) is 0.485. The molecule has 0 fully saturated rings. The fourth-order valence-corrected chi connectivity index (χ4v) is 2.03. The zero-order valence-electron chi connectivity index (χ0n) is 9.12. The van der Waals surface area contributed by atoms with Gasteiger partial charge < -0.3 is 4.42 Å². The Kier molecular flexibility index (Phi) is 2.13. The maximum atomic E-state index is 10.9. The van der Waals surface area contributed by atoms with Crippen molar-refractivity contribution in [2.45, 2.75) is 0 Å². The number of rotatable bonds is 2. The van der Waals surface area contributed by atoms with Gasteiger partial charge in [0.05, 0.1) is 16.6 Å². The largest absolute Gasteiger partial charge is 0.456 e. The average Bonchev–Trinajstić information content (AvgIpc) is 2.74. The molecule has 18 heavy (non-hydrogen) atoms. The van der Waals surface area contributed by atoms with Crippen molar-refractivity contribution in [1.29, 1.82) is 0 Å². The summed E-state index contributed by atoms with van der Waals surface area (Å²) in [6.45, 7) is 0. The number of furan rings is 1. The van der Waals surface area contributed by atoms with Crippen LogP contribution < -0.4 is 0 Å². The number of fused-ring (bicyclic) bond motifs is 3. The van der Waals surface area contributed by atoms with Crippen molar-refractivity contribution in [3.05, 3.63) is 52.1 Å². The van der Waals surface area contributed by atoms with E-state index in [4.69, 9.17) is 4.42 Å². The van der Waals surface area contributed by atoms with Gasteiger partial charge in [0, 0.05) is 10.8 Å². The summed E-state index contributed by atoms with van der Waals surface area (Å²) < 4.78 is 5.52. The number of hydrogen-bond acceptors (Lipinski definition) is 4. The first kappa shape index (κ1) is 10.5. The lowest BCUT2D eigenvalue weighted by Gasteiger charge is -1.95. The zero-order valence-corrected chi connectivity index (χ0v) is 9.12. The normalized spacial score (nSPS) is 10.9. The monoisotopic (exact) mass is 241 g/mol. The topological polar surface area (TPSA) is 73.3 Å². The Labute approximate surface area is 101 Å². The Morgan fingerprint density at radius 3 is 2.61 bits per heavy atom. The van der Waals surface area contributed by atoms with Gasteiger partial charge in [-0.1, -0.05) is 18.2 Å². The molecule has 0 atom stereocenters. The number of carbonyl (C=O) groups is 1. The first-order chi connectivity index (χ1) is 8.70. The highest BCUT2D eigenvalue weighted by Gasteiger charge is 2.17. The molecular formula is C13H7NO4. The number of nitro benzene ring substituents is 1. The summed E-state index contributed by atoms with van der Waals surface area (Å²) in [5, 5.41) is 12.4. The molecule has 0 unspecified atom stereocenters. The van der Waals surface area contributed by atoms with Gasteiger partial charge in [0.15, 0.2) is 6.29 Å². The van der Waals surface area contributed by atoms with E-state index in [0.717, 1.165) is 5.39 Å². The highest BCUT2D eigenvalue weighted by atomic mass is 16.6. The predicted octanol–water partition coefficient (Wildman–Crippen LogP) is 3.31. The number of aldehydes is 1. The Bertz CT molecular complexity index is 788. The van der Waals surface area contributed by atoms with Crippen LogP contribution in [-0.4, -0.2) is 11.2 Å². The van der Waals surface area contributed by atoms with Crippen LogP contribution in [-0.2, 0) is 0 Å². The molecule has 0 radical (unpaired) electrons. The summed E-state index contributed by atoms with van der Waals surface area (Å²) in [5.41, 5.74) is 0.869. The van der Waals surface area contributed by atoms with Gasteiger partial charge in [0.2, 0.25) is 0 Å². The molecule has 0 saturated carbocycles. The fourth-order valence-electron chi connectivity index (χ4n) is 2.03. The average molecular weight is 241 g/mol. The van der Waals surface area contributed by atoms with Crippen LogP contribution in [0.1, 0.15) is 10.4 Å². The van der Waals surface area contributed by atoms with Crippen LogP contribution >= 0.6 is 0 Å². The summed E-state index contributed by atoms with van der Waals surface area (Å²) in [7, 11) is 0. The van der Waals surface area contributed by atoms with E-state index in [-0.39, 0.29) is 11.3 Å². The van der Waals surface area contributed by atoms with Gasteiger partial charge in [-0.25, -0.2) is 0 Å². The Morgan fingerprint density at radius 1 is 1.11 bits per heavy atom. The molecule has 0 aliphatic carbocycles. The molecule has 0 spiro atoms. The van der Waals surface area contributed by atoms with E-state index in [1.165, 1.54) is 12.1 Å². The lowest BCUT2D eigenvalue weighted by molar-refractivity contribution is -0.385. The van der Waals surface area contributed by atoms with Crippen LogP contribution in [0.2, 0.25) is 0 Å². The molecule has 0 aliphatic rings. The van der Waals surface area contributed by atoms with E-state index in [2.05, 4.69) is 0 Å². The highest BCUT2D eigenvalue weighted by molar-refractivity contribution is 6.07. The van der Waals surface area contributed by atoms with E-state index in [0.29, 0.717) is 22.8 Å².